The van der Waals surface area contributed by atoms with Crippen molar-refractivity contribution in [2.45, 2.75) is 0 Å². The Bertz CT molecular complexity index is 94.9. The number of hydrogen-bond acceptors (Lipinski definition) is 4. The van der Waals surface area contributed by atoms with Gasteiger partial charge in [-0.3, -0.25) is 8.42 Å². The average molecular weight is 253 g/mol. The third-order valence-corrected chi connectivity index (χ3v) is 0. The predicted octanol–water partition coefficient (Wildman–Crippen LogP) is -4.71. The fourth-order valence-electron chi connectivity index (χ4n) is 0. The molecule has 0 aliphatic rings. The summed E-state index contributed by atoms with van der Waals surface area (Å²) in [5, 5.41) is 0. The first-order valence-corrected chi connectivity index (χ1v) is 2.00. The first kappa shape index (κ1) is 16.3. The Hall–Kier alpha value is 2.69. The normalized spacial score (nSPS) is 8.29. The van der Waals surface area contributed by atoms with Crippen molar-refractivity contribution >= 4 is 33.5 Å². The molecule has 7 heteroatoms. The average Bonchev–Trinajstić information content (AvgIpc) is 0.722. The second-order valence-corrected chi connectivity index (χ2v) is 1.22. The quantitative estimate of drug-likeness (QED) is 0.247. The predicted molar refractivity (Wildman–Crippen MR) is 16.2 cm³/mol. The van der Waals surface area contributed by atoms with Crippen LogP contribution in [0.4, 0.5) is 0 Å². The van der Waals surface area contributed by atoms with Crippen molar-refractivity contribution in [2.24, 2.45) is 0 Å². The van der Waals surface area contributed by atoms with E-state index in [1.165, 1.54) is 0 Å². The summed E-state index contributed by atoms with van der Waals surface area (Å²) >= 11 is 0. The third kappa shape index (κ3) is 53.8. The number of rotatable bonds is 0. The monoisotopic (exact) mass is 253 g/mol. The van der Waals surface area contributed by atoms with Crippen molar-refractivity contribution in [1.29, 1.82) is 0 Å². The molecular weight excluding hydrogens is 253 g/mol. The molecule has 0 radical (unpaired) electrons. The largest absolute Gasteiger partial charge is 2.00 e. The van der Waals surface area contributed by atoms with E-state index in [0.29, 0.717) is 0 Å². The Kier molecular flexibility index (Phi) is 15.9. The Balaban J connectivity index is -0.0000000800. The van der Waals surface area contributed by atoms with Crippen molar-refractivity contribution in [1.82, 2.24) is 0 Å². The van der Waals surface area contributed by atoms with Gasteiger partial charge in [0.05, 0.1) is 0 Å². The zero-order valence-electron chi connectivity index (χ0n) is 3.75. The molecule has 4 nitrogen and oxygen atoms in total. The molecule has 0 bridgehead atoms. The van der Waals surface area contributed by atoms with Crippen LogP contribution in [-0.2, 0) is 10.4 Å². The van der Waals surface area contributed by atoms with E-state index in [1.54, 1.807) is 0 Å². The maximum atomic E-state index is 8.52. The van der Waals surface area contributed by atoms with Crippen LogP contribution in [0.2, 0.25) is 0 Å². The molecule has 0 saturated carbocycles. The van der Waals surface area contributed by atoms with Crippen molar-refractivity contribution < 1.29 is 86.4 Å². The molecule has 0 aromatic heterocycles. The molecule has 0 fully saturated rings. The van der Waals surface area contributed by atoms with Crippen molar-refractivity contribution in [3.8, 4) is 0 Å². The van der Waals surface area contributed by atoms with Gasteiger partial charge in [-0.05, 0) is 0 Å². The molecule has 0 atom stereocenters. The summed E-state index contributed by atoms with van der Waals surface area (Å²) in [7, 11) is -5.17. The summed E-state index contributed by atoms with van der Waals surface area (Å²) in [6, 6.07) is 0. The fraction of sp³-hybridized carbons (Fsp3) is 0. The molecule has 0 N–H and O–H groups in total. The molecule has 0 aliphatic carbocycles. The van der Waals surface area contributed by atoms with Crippen LogP contribution >= 0.6 is 0 Å². The molecule has 0 saturated heterocycles. The van der Waals surface area contributed by atoms with Crippen LogP contribution in [-0.4, -0.2) is 40.6 Å². The maximum absolute atomic E-state index is 8.52. The summed E-state index contributed by atoms with van der Waals surface area (Å²) in [6.45, 7) is 0. The first-order valence-electron chi connectivity index (χ1n) is 0.667. The van der Waals surface area contributed by atoms with Gasteiger partial charge in [-0.1, -0.05) is 0 Å². The van der Waals surface area contributed by atoms with Crippen LogP contribution in [0.5, 0.6) is 0 Å². The first-order chi connectivity index (χ1) is 2.00. The van der Waals surface area contributed by atoms with Gasteiger partial charge in [0.2, 0.25) is 0 Å². The van der Waals surface area contributed by atoms with E-state index < -0.39 is 10.4 Å². The molecule has 0 spiro atoms. The topological polar surface area (TPSA) is 80.3 Å². The van der Waals surface area contributed by atoms with E-state index in [2.05, 4.69) is 0 Å². The summed E-state index contributed by atoms with van der Waals surface area (Å²) < 4.78 is 34.1. The maximum Gasteiger partial charge on any atom is 2.00 e. The summed E-state index contributed by atoms with van der Waals surface area (Å²) in [4.78, 5) is 0. The Labute approximate surface area is 117 Å². The molecule has 0 unspecified atom stereocenters. The van der Waals surface area contributed by atoms with Crippen molar-refractivity contribution in [2.75, 3.05) is 0 Å². The molecule has 0 aromatic carbocycles. The second-order valence-electron chi connectivity index (χ2n) is 0.408. The standard InChI is InChI=1S/Cs.Mg.H2O4S/c;;1-5(2,3)4/h;;(H2,1,2,3,4)/q+1;+2;/p-2. The molecule has 0 amide bonds. The van der Waals surface area contributed by atoms with E-state index in [4.69, 9.17) is 17.5 Å². The molecule has 0 aliphatic heterocycles. The minimum absolute atomic E-state index is 0. The fourth-order valence-corrected chi connectivity index (χ4v) is 0. The van der Waals surface area contributed by atoms with Gasteiger partial charge in [0.25, 0.3) is 0 Å². The number of hydrogen-bond donors (Lipinski definition) is 0. The minimum Gasteiger partial charge on any atom is -0.759 e. The SMILES string of the molecule is O=S(=O)([O-])[O-].[Cs+].[Mg+2]. The van der Waals surface area contributed by atoms with Crippen molar-refractivity contribution in [3.63, 3.8) is 0 Å². The van der Waals surface area contributed by atoms with Crippen LogP contribution in [0.3, 0.4) is 0 Å². The molecule has 0 heterocycles. The third-order valence-electron chi connectivity index (χ3n) is 0. The zero-order valence-corrected chi connectivity index (χ0v) is 12.3. The Morgan fingerprint density at radius 3 is 1.14 bits per heavy atom. The van der Waals surface area contributed by atoms with E-state index in [1.807, 2.05) is 0 Å². The van der Waals surface area contributed by atoms with Gasteiger partial charge in [0.15, 0.2) is 0 Å². The molecule has 0 aromatic rings. The Morgan fingerprint density at radius 2 is 1.14 bits per heavy atom. The molecule has 0 rings (SSSR count). The van der Waals surface area contributed by atoms with Gasteiger partial charge in [0.1, 0.15) is 0 Å². The second kappa shape index (κ2) is 6.80. The van der Waals surface area contributed by atoms with Crippen LogP contribution in [0, 0.1) is 0 Å². The van der Waals surface area contributed by atoms with Gasteiger partial charge < -0.3 is 9.11 Å². The molecule has 32 valence electrons. The van der Waals surface area contributed by atoms with E-state index in [0.717, 1.165) is 0 Å². The van der Waals surface area contributed by atoms with Gasteiger partial charge in [-0.2, -0.15) is 0 Å². The molecule has 7 heavy (non-hydrogen) atoms. The zero-order chi connectivity index (χ0) is 4.50. The summed E-state index contributed by atoms with van der Waals surface area (Å²) in [5.41, 5.74) is 0. The van der Waals surface area contributed by atoms with Crippen molar-refractivity contribution in [3.05, 3.63) is 0 Å². The van der Waals surface area contributed by atoms with Crippen LogP contribution in [0.15, 0.2) is 0 Å². The van der Waals surface area contributed by atoms with Gasteiger partial charge in [-0.25, -0.2) is 0 Å². The smallest absolute Gasteiger partial charge is 0.759 e. The van der Waals surface area contributed by atoms with Gasteiger partial charge >= 0.3 is 91.9 Å². The van der Waals surface area contributed by atoms with E-state index in [9.17, 15) is 0 Å². The van der Waals surface area contributed by atoms with Crippen LogP contribution < -0.4 is 68.9 Å². The van der Waals surface area contributed by atoms with Gasteiger partial charge in [-0.15, -0.1) is 0 Å². The Morgan fingerprint density at radius 1 is 1.14 bits per heavy atom. The minimum atomic E-state index is -5.17. The van der Waals surface area contributed by atoms with Crippen LogP contribution in [0.1, 0.15) is 0 Å². The molecular formula is CsMgO4S+. The summed E-state index contributed by atoms with van der Waals surface area (Å²) in [5.74, 6) is 0. The van der Waals surface area contributed by atoms with E-state index >= 15 is 0 Å². The van der Waals surface area contributed by atoms with Gasteiger partial charge in [0, 0.05) is 10.4 Å². The van der Waals surface area contributed by atoms with E-state index in [-0.39, 0.29) is 91.9 Å². The summed E-state index contributed by atoms with van der Waals surface area (Å²) in [6.07, 6.45) is 0. The van der Waals surface area contributed by atoms with Crippen LogP contribution in [0.25, 0.3) is 0 Å².